The number of rotatable bonds is 8. The lowest BCUT2D eigenvalue weighted by molar-refractivity contribution is 0.200. The van der Waals surface area contributed by atoms with Gasteiger partial charge >= 0.3 is 0 Å². The average Bonchev–Trinajstić information content (AvgIpc) is 3.26. The van der Waals surface area contributed by atoms with Gasteiger partial charge < -0.3 is 4.57 Å². The molecular weight excluding hydrogens is 462 g/mol. The van der Waals surface area contributed by atoms with Crippen LogP contribution in [0.1, 0.15) is 35.7 Å². The SMILES string of the molecule is C=CCn1c(SCc2cccc(Cl)c2)nnc1C1CCN(Cc2ccc3ncccc3c2)CC1. The summed E-state index contributed by atoms with van der Waals surface area (Å²) in [4.78, 5) is 6.97. The molecule has 0 radical (unpaired) electrons. The third-order valence-electron chi connectivity index (χ3n) is 6.34. The van der Waals surface area contributed by atoms with Gasteiger partial charge in [0.2, 0.25) is 0 Å². The van der Waals surface area contributed by atoms with Crippen molar-refractivity contribution in [2.75, 3.05) is 13.1 Å². The van der Waals surface area contributed by atoms with Gasteiger partial charge in [0.25, 0.3) is 0 Å². The van der Waals surface area contributed by atoms with E-state index in [0.29, 0.717) is 5.92 Å². The Morgan fingerprint density at radius 1 is 1.03 bits per heavy atom. The first kappa shape index (κ1) is 23.1. The molecule has 0 atom stereocenters. The van der Waals surface area contributed by atoms with E-state index in [2.05, 4.69) is 61.6 Å². The number of halogens is 1. The van der Waals surface area contributed by atoms with Crippen molar-refractivity contribution in [3.05, 3.63) is 95.4 Å². The normalized spacial score (nSPS) is 15.1. The van der Waals surface area contributed by atoms with Crippen molar-refractivity contribution in [3.8, 4) is 0 Å². The van der Waals surface area contributed by atoms with Gasteiger partial charge in [-0.25, -0.2) is 0 Å². The molecule has 1 saturated heterocycles. The highest BCUT2D eigenvalue weighted by atomic mass is 35.5. The van der Waals surface area contributed by atoms with Crippen molar-refractivity contribution in [2.24, 2.45) is 0 Å². The van der Waals surface area contributed by atoms with Gasteiger partial charge in [0.15, 0.2) is 5.16 Å². The number of aromatic nitrogens is 4. The van der Waals surface area contributed by atoms with Gasteiger partial charge in [0.1, 0.15) is 5.82 Å². The van der Waals surface area contributed by atoms with Gasteiger partial charge in [-0.15, -0.1) is 16.8 Å². The zero-order valence-corrected chi connectivity index (χ0v) is 20.7. The molecule has 34 heavy (non-hydrogen) atoms. The standard InChI is InChI=1S/C27H28ClN5S/c1-2-13-33-26(30-31-27(33)34-19-21-5-3-7-24(28)17-21)22-10-14-32(15-11-22)18-20-8-9-25-23(16-20)6-4-12-29-25/h2-9,12,16-17,22H,1,10-11,13-15,18-19H2. The second-order valence-electron chi connectivity index (χ2n) is 8.74. The van der Waals surface area contributed by atoms with E-state index in [4.69, 9.17) is 11.6 Å². The molecule has 1 aliphatic rings. The highest BCUT2D eigenvalue weighted by Gasteiger charge is 2.26. The Morgan fingerprint density at radius 2 is 1.91 bits per heavy atom. The van der Waals surface area contributed by atoms with E-state index in [-0.39, 0.29) is 0 Å². The maximum atomic E-state index is 6.14. The number of fused-ring (bicyclic) bond motifs is 1. The molecule has 4 aromatic rings. The van der Waals surface area contributed by atoms with Crippen LogP contribution in [-0.4, -0.2) is 37.7 Å². The zero-order chi connectivity index (χ0) is 23.3. The van der Waals surface area contributed by atoms with Gasteiger partial charge in [-0.05, 0) is 67.4 Å². The second-order valence-corrected chi connectivity index (χ2v) is 10.1. The van der Waals surface area contributed by atoms with Gasteiger partial charge in [-0.1, -0.05) is 53.7 Å². The number of nitrogens with zero attached hydrogens (tertiary/aromatic N) is 5. The Morgan fingerprint density at radius 3 is 2.74 bits per heavy atom. The van der Waals surface area contributed by atoms with E-state index in [1.165, 1.54) is 16.5 Å². The molecule has 5 rings (SSSR count). The van der Waals surface area contributed by atoms with Crippen molar-refractivity contribution < 1.29 is 0 Å². The highest BCUT2D eigenvalue weighted by Crippen LogP contribution is 2.31. The topological polar surface area (TPSA) is 46.8 Å². The third kappa shape index (κ3) is 5.35. The molecule has 0 aliphatic carbocycles. The number of hydrogen-bond donors (Lipinski definition) is 0. The summed E-state index contributed by atoms with van der Waals surface area (Å²) >= 11 is 7.84. The summed E-state index contributed by atoms with van der Waals surface area (Å²) in [7, 11) is 0. The lowest BCUT2D eigenvalue weighted by Crippen LogP contribution is -2.33. The minimum atomic E-state index is 0.421. The minimum Gasteiger partial charge on any atom is -0.302 e. The molecule has 5 nitrogen and oxygen atoms in total. The number of benzene rings is 2. The molecular formula is C27H28ClN5S. The molecule has 0 unspecified atom stereocenters. The van der Waals surface area contributed by atoms with Crippen LogP contribution >= 0.6 is 23.4 Å². The molecule has 0 bridgehead atoms. The number of hydrogen-bond acceptors (Lipinski definition) is 5. The Kier molecular flexibility index (Phi) is 7.28. The Hall–Kier alpha value is -2.67. The predicted octanol–water partition coefficient (Wildman–Crippen LogP) is 6.34. The smallest absolute Gasteiger partial charge is 0.191 e. The van der Waals surface area contributed by atoms with Crippen LogP contribution in [0.2, 0.25) is 5.02 Å². The van der Waals surface area contributed by atoms with Crippen LogP contribution in [0.5, 0.6) is 0 Å². The van der Waals surface area contributed by atoms with Gasteiger partial charge in [-0.3, -0.25) is 9.88 Å². The Bertz CT molecular complexity index is 1280. The first-order valence-corrected chi connectivity index (χ1v) is 13.0. The largest absolute Gasteiger partial charge is 0.302 e. The van der Waals surface area contributed by atoms with Crippen LogP contribution in [0.25, 0.3) is 10.9 Å². The fourth-order valence-electron chi connectivity index (χ4n) is 4.62. The van der Waals surface area contributed by atoms with Gasteiger partial charge in [0, 0.05) is 41.4 Å². The maximum Gasteiger partial charge on any atom is 0.191 e. The highest BCUT2D eigenvalue weighted by molar-refractivity contribution is 7.98. The first-order chi connectivity index (χ1) is 16.7. The van der Waals surface area contributed by atoms with E-state index < -0.39 is 0 Å². The molecule has 0 amide bonds. The summed E-state index contributed by atoms with van der Waals surface area (Å²) in [5, 5.41) is 12.1. The van der Waals surface area contributed by atoms with E-state index >= 15 is 0 Å². The van der Waals surface area contributed by atoms with Crippen molar-refractivity contribution in [1.82, 2.24) is 24.6 Å². The van der Waals surface area contributed by atoms with Crippen molar-refractivity contribution >= 4 is 34.3 Å². The lowest BCUT2D eigenvalue weighted by Gasteiger charge is -2.31. The zero-order valence-electron chi connectivity index (χ0n) is 19.1. The molecule has 3 heterocycles. The molecule has 2 aromatic carbocycles. The Labute approximate surface area is 209 Å². The minimum absolute atomic E-state index is 0.421. The van der Waals surface area contributed by atoms with Crippen molar-refractivity contribution in [3.63, 3.8) is 0 Å². The quantitative estimate of drug-likeness (QED) is 0.213. The molecule has 1 fully saturated rings. The molecule has 0 N–H and O–H groups in total. The predicted molar refractivity (Wildman–Crippen MR) is 140 cm³/mol. The molecule has 2 aromatic heterocycles. The summed E-state index contributed by atoms with van der Waals surface area (Å²) in [5.74, 6) is 2.32. The molecule has 174 valence electrons. The monoisotopic (exact) mass is 489 g/mol. The molecule has 0 spiro atoms. The molecule has 7 heteroatoms. The summed E-state index contributed by atoms with van der Waals surface area (Å²) in [6.07, 6.45) is 5.95. The fraction of sp³-hybridized carbons (Fsp3) is 0.296. The number of pyridine rings is 1. The molecule has 0 saturated carbocycles. The van der Waals surface area contributed by atoms with Crippen molar-refractivity contribution in [2.45, 2.75) is 42.8 Å². The van der Waals surface area contributed by atoms with Crippen LogP contribution < -0.4 is 0 Å². The van der Waals surface area contributed by atoms with E-state index in [1.807, 2.05) is 36.5 Å². The number of allylic oxidation sites excluding steroid dienone is 1. The van der Waals surface area contributed by atoms with Crippen LogP contribution in [0.3, 0.4) is 0 Å². The van der Waals surface area contributed by atoms with E-state index in [0.717, 1.165) is 66.3 Å². The van der Waals surface area contributed by atoms with Crippen LogP contribution in [0.15, 0.2) is 78.6 Å². The fourth-order valence-corrected chi connectivity index (χ4v) is 5.73. The summed E-state index contributed by atoms with van der Waals surface area (Å²) in [6.45, 7) is 7.77. The third-order valence-corrected chi connectivity index (χ3v) is 7.61. The van der Waals surface area contributed by atoms with Crippen molar-refractivity contribution in [1.29, 1.82) is 0 Å². The van der Waals surface area contributed by atoms with Gasteiger partial charge in [-0.2, -0.15) is 0 Å². The maximum absolute atomic E-state index is 6.14. The van der Waals surface area contributed by atoms with E-state index in [1.54, 1.807) is 11.8 Å². The first-order valence-electron chi connectivity index (χ1n) is 11.7. The summed E-state index contributed by atoms with van der Waals surface area (Å²) in [5.41, 5.74) is 3.58. The van der Waals surface area contributed by atoms with Crippen LogP contribution in [0, 0.1) is 0 Å². The second kappa shape index (κ2) is 10.7. The van der Waals surface area contributed by atoms with Gasteiger partial charge in [0.05, 0.1) is 5.52 Å². The number of likely N-dealkylation sites (tertiary alicyclic amines) is 1. The average molecular weight is 490 g/mol. The number of piperidine rings is 1. The van der Waals surface area contributed by atoms with E-state index in [9.17, 15) is 0 Å². The summed E-state index contributed by atoms with van der Waals surface area (Å²) in [6, 6.07) is 18.7. The summed E-state index contributed by atoms with van der Waals surface area (Å²) < 4.78 is 2.23. The van der Waals surface area contributed by atoms with Crippen LogP contribution in [0.4, 0.5) is 0 Å². The van der Waals surface area contributed by atoms with Crippen LogP contribution in [-0.2, 0) is 18.8 Å². The number of thioether (sulfide) groups is 1. The molecule has 1 aliphatic heterocycles. The Balaban J connectivity index is 1.22. The lowest BCUT2D eigenvalue weighted by atomic mass is 9.95.